The third-order valence-electron chi connectivity index (χ3n) is 1.48. The molecule has 0 fully saturated rings. The first-order valence-corrected chi connectivity index (χ1v) is 5.41. The van der Waals surface area contributed by atoms with Crippen molar-refractivity contribution in [3.8, 4) is 0 Å². The van der Waals surface area contributed by atoms with Crippen molar-refractivity contribution >= 4 is 0 Å². The highest BCUT2D eigenvalue weighted by molar-refractivity contribution is 5.18. The predicted molar refractivity (Wildman–Crippen MR) is 71.1 cm³/mol. The Labute approximate surface area is 99.2 Å². The largest absolute Gasteiger partial charge is 0.256 e. The van der Waals surface area contributed by atoms with Crippen molar-refractivity contribution < 1.29 is 0 Å². The van der Waals surface area contributed by atoms with Crippen molar-refractivity contribution in [3.63, 3.8) is 0 Å². The highest BCUT2D eigenvalue weighted by Gasteiger charge is 1.71. The van der Waals surface area contributed by atoms with Crippen LogP contribution in [0.1, 0.15) is 27.7 Å². The van der Waals surface area contributed by atoms with Crippen molar-refractivity contribution in [2.75, 3.05) is 0 Å². The molecule has 0 saturated carbocycles. The summed E-state index contributed by atoms with van der Waals surface area (Å²) in [5.74, 6) is 0. The van der Waals surface area contributed by atoms with Gasteiger partial charge < -0.3 is 0 Å². The fourth-order valence-electron chi connectivity index (χ4n) is 0.583. The van der Waals surface area contributed by atoms with Gasteiger partial charge in [-0.05, 0) is 13.8 Å². The zero-order valence-corrected chi connectivity index (χ0v) is 11.0. The zero-order valence-electron chi connectivity index (χ0n) is 11.0. The lowest BCUT2D eigenvalue weighted by Gasteiger charge is -1.82. The van der Waals surface area contributed by atoms with Crippen LogP contribution in [0, 0.1) is 0 Å². The monoisotopic (exact) mass is 221 g/mol. The Morgan fingerprint density at radius 3 is 2.25 bits per heavy atom. The summed E-state index contributed by atoms with van der Waals surface area (Å²) in [5.41, 5.74) is 1.27. The Morgan fingerprint density at radius 2 is 2.00 bits per heavy atom. The molecule has 0 unspecified atom stereocenters. The lowest BCUT2D eigenvalue weighted by Crippen LogP contribution is -1.83. The van der Waals surface area contributed by atoms with Crippen LogP contribution >= 0.6 is 0 Å². The molecule has 3 nitrogen and oxygen atoms in total. The van der Waals surface area contributed by atoms with Gasteiger partial charge in [0.2, 0.25) is 0 Å². The number of aryl methyl sites for hydroxylation is 1. The SMILES string of the molecule is C=C/C=C\C(C)=C/C.CC.Cn1cncn1. The molecule has 0 aliphatic heterocycles. The maximum absolute atomic E-state index is 3.72. The molecule has 0 aliphatic carbocycles. The van der Waals surface area contributed by atoms with E-state index in [0.717, 1.165) is 0 Å². The summed E-state index contributed by atoms with van der Waals surface area (Å²) in [6.07, 6.45) is 10.9. The predicted octanol–water partition coefficient (Wildman–Crippen LogP) is 3.54. The van der Waals surface area contributed by atoms with Crippen LogP contribution in [0.2, 0.25) is 0 Å². The van der Waals surface area contributed by atoms with Crippen LogP contribution in [0.15, 0.2) is 49.1 Å². The maximum Gasteiger partial charge on any atom is 0.137 e. The number of hydrogen-bond donors (Lipinski definition) is 0. The molecule has 1 aromatic rings. The molecule has 3 heteroatoms. The van der Waals surface area contributed by atoms with Crippen LogP contribution < -0.4 is 0 Å². The van der Waals surface area contributed by atoms with E-state index in [0.29, 0.717) is 0 Å². The van der Waals surface area contributed by atoms with Gasteiger partial charge in [0.15, 0.2) is 0 Å². The third kappa shape index (κ3) is 12.4. The van der Waals surface area contributed by atoms with Crippen LogP contribution in [-0.4, -0.2) is 14.8 Å². The van der Waals surface area contributed by atoms with Gasteiger partial charge in [0.1, 0.15) is 12.7 Å². The number of rotatable bonds is 2. The topological polar surface area (TPSA) is 30.7 Å². The Balaban J connectivity index is 0. The van der Waals surface area contributed by atoms with E-state index in [9.17, 15) is 0 Å². The highest BCUT2D eigenvalue weighted by atomic mass is 15.3. The fraction of sp³-hybridized carbons (Fsp3) is 0.385. The second kappa shape index (κ2) is 13.4. The number of allylic oxidation sites excluding steroid dienone is 5. The molecule has 90 valence electrons. The van der Waals surface area contributed by atoms with Gasteiger partial charge in [-0.25, -0.2) is 4.98 Å². The zero-order chi connectivity index (χ0) is 12.8. The fourth-order valence-corrected chi connectivity index (χ4v) is 0.583. The second-order valence-electron chi connectivity index (χ2n) is 2.70. The Morgan fingerprint density at radius 1 is 1.38 bits per heavy atom. The summed E-state index contributed by atoms with van der Waals surface area (Å²) in [4.78, 5) is 3.67. The molecular formula is C13H23N3. The molecule has 0 amide bonds. The Kier molecular flexibility index (Phi) is 14.0. The van der Waals surface area contributed by atoms with Crippen molar-refractivity contribution in [2.24, 2.45) is 7.05 Å². The Hall–Kier alpha value is -1.64. The quantitative estimate of drug-likeness (QED) is 0.715. The van der Waals surface area contributed by atoms with Gasteiger partial charge in [-0.3, -0.25) is 4.68 Å². The van der Waals surface area contributed by atoms with Crippen molar-refractivity contribution in [1.29, 1.82) is 0 Å². The van der Waals surface area contributed by atoms with E-state index in [1.165, 1.54) is 11.9 Å². The molecule has 0 aliphatic rings. The number of hydrogen-bond acceptors (Lipinski definition) is 2. The lowest BCUT2D eigenvalue weighted by molar-refractivity contribution is 0.765. The van der Waals surface area contributed by atoms with Gasteiger partial charge >= 0.3 is 0 Å². The summed E-state index contributed by atoms with van der Waals surface area (Å²) in [5, 5.41) is 3.72. The molecule has 0 atom stereocenters. The third-order valence-corrected chi connectivity index (χ3v) is 1.48. The number of aromatic nitrogens is 3. The summed E-state index contributed by atoms with van der Waals surface area (Å²) in [6.45, 7) is 11.6. The molecule has 1 heterocycles. The first-order valence-electron chi connectivity index (χ1n) is 5.41. The molecule has 0 aromatic carbocycles. The van der Waals surface area contributed by atoms with Crippen molar-refractivity contribution in [3.05, 3.63) is 49.1 Å². The molecule has 0 saturated heterocycles. The maximum atomic E-state index is 3.72. The van der Waals surface area contributed by atoms with E-state index in [1.54, 1.807) is 17.1 Å². The molecular weight excluding hydrogens is 198 g/mol. The van der Waals surface area contributed by atoms with E-state index < -0.39 is 0 Å². The van der Waals surface area contributed by atoms with E-state index in [2.05, 4.69) is 29.7 Å². The van der Waals surface area contributed by atoms with E-state index in [-0.39, 0.29) is 0 Å². The molecule has 1 aromatic heterocycles. The minimum atomic E-state index is 1.27. The molecule has 0 spiro atoms. The van der Waals surface area contributed by atoms with Crippen molar-refractivity contribution in [2.45, 2.75) is 27.7 Å². The standard InChI is InChI=1S/C8H12.C3H5N3.C2H6/c1-4-6-7-8(3)5-2;1-6-3-4-2-5-6;1-2/h4-7H,1H2,2-3H3;2-3H,1H3;1-2H3/b7-6-,8-5-;;. The first-order chi connectivity index (χ1) is 7.70. The molecule has 1 rings (SSSR count). The summed E-state index contributed by atoms with van der Waals surface area (Å²) >= 11 is 0. The summed E-state index contributed by atoms with van der Waals surface area (Å²) in [6, 6.07) is 0. The van der Waals surface area contributed by atoms with Crippen LogP contribution in [0.4, 0.5) is 0 Å². The minimum Gasteiger partial charge on any atom is -0.256 e. The highest BCUT2D eigenvalue weighted by Crippen LogP contribution is 1.92. The average Bonchev–Trinajstić information content (AvgIpc) is 2.80. The average molecular weight is 221 g/mol. The molecule has 0 bridgehead atoms. The molecule has 16 heavy (non-hydrogen) atoms. The van der Waals surface area contributed by atoms with Crippen LogP contribution in [0.3, 0.4) is 0 Å². The van der Waals surface area contributed by atoms with Gasteiger partial charge in [0.05, 0.1) is 0 Å². The summed E-state index contributed by atoms with van der Waals surface area (Å²) in [7, 11) is 1.83. The van der Waals surface area contributed by atoms with Crippen LogP contribution in [-0.2, 0) is 7.05 Å². The first kappa shape index (κ1) is 16.8. The lowest BCUT2D eigenvalue weighted by atomic mass is 10.3. The second-order valence-corrected chi connectivity index (χ2v) is 2.70. The molecule has 0 N–H and O–H groups in total. The van der Waals surface area contributed by atoms with Gasteiger partial charge in [0, 0.05) is 7.05 Å². The summed E-state index contributed by atoms with van der Waals surface area (Å²) < 4.78 is 1.64. The Bertz CT molecular complexity index is 295. The normalized spacial score (nSPS) is 9.94. The van der Waals surface area contributed by atoms with E-state index >= 15 is 0 Å². The van der Waals surface area contributed by atoms with Gasteiger partial charge in [-0.1, -0.05) is 50.3 Å². The molecule has 0 radical (unpaired) electrons. The number of nitrogens with zero attached hydrogens (tertiary/aromatic N) is 3. The van der Waals surface area contributed by atoms with E-state index in [4.69, 9.17) is 0 Å². The minimum absolute atomic E-state index is 1.27. The van der Waals surface area contributed by atoms with Crippen molar-refractivity contribution in [1.82, 2.24) is 14.8 Å². The van der Waals surface area contributed by atoms with E-state index in [1.807, 2.05) is 40.0 Å². The van der Waals surface area contributed by atoms with Gasteiger partial charge in [0.25, 0.3) is 0 Å². The van der Waals surface area contributed by atoms with Gasteiger partial charge in [-0.2, -0.15) is 5.10 Å². The smallest absolute Gasteiger partial charge is 0.137 e. The van der Waals surface area contributed by atoms with Crippen LogP contribution in [0.25, 0.3) is 0 Å². The van der Waals surface area contributed by atoms with Crippen LogP contribution in [0.5, 0.6) is 0 Å². The van der Waals surface area contributed by atoms with Gasteiger partial charge in [-0.15, -0.1) is 0 Å².